The monoisotopic (exact) mass is 436 g/mol. The van der Waals surface area contributed by atoms with E-state index in [-0.39, 0.29) is 5.56 Å². The van der Waals surface area contributed by atoms with Gasteiger partial charge in [0, 0.05) is 25.2 Å². The lowest BCUT2D eigenvalue weighted by molar-refractivity contribution is -0.180. The molecule has 1 aliphatic heterocycles. The number of nitrogens with zero attached hydrogens (tertiary/aromatic N) is 1. The summed E-state index contributed by atoms with van der Waals surface area (Å²) in [4.78, 5) is 25.8. The molecular formula is C22H23F3N2O4. The zero-order valence-corrected chi connectivity index (χ0v) is 16.9. The lowest BCUT2D eigenvalue weighted by Gasteiger charge is -2.26. The number of amides is 1. The summed E-state index contributed by atoms with van der Waals surface area (Å²) in [6, 6.07) is 11.4. The van der Waals surface area contributed by atoms with Crippen LogP contribution in [0, 0.1) is 0 Å². The molecule has 0 unspecified atom stereocenters. The van der Waals surface area contributed by atoms with Crippen molar-refractivity contribution in [3.8, 4) is 11.1 Å². The van der Waals surface area contributed by atoms with E-state index in [1.165, 1.54) is 17.7 Å². The molecule has 1 fully saturated rings. The van der Waals surface area contributed by atoms with Crippen molar-refractivity contribution in [2.75, 3.05) is 33.4 Å². The maximum Gasteiger partial charge on any atom is 0.419 e. The standard InChI is InChI=1S/C22H23F3N2O4/c1-30-21(29)19(22(23,24)25)26-20(28)18-8-6-17(7-9-18)16-4-2-15(3-5-16)14-27-10-12-31-13-11-27/h2-9,19H,10-14H2,1H3,(H,26,28)/t19-/m1/s1. The summed E-state index contributed by atoms with van der Waals surface area (Å²) in [6.07, 6.45) is -4.95. The molecule has 3 rings (SSSR count). The highest BCUT2D eigenvalue weighted by Gasteiger charge is 2.47. The Balaban J connectivity index is 1.65. The van der Waals surface area contributed by atoms with Gasteiger partial charge in [0.2, 0.25) is 6.04 Å². The van der Waals surface area contributed by atoms with Crippen LogP contribution in [0.25, 0.3) is 11.1 Å². The highest BCUT2D eigenvalue weighted by atomic mass is 19.4. The predicted octanol–water partition coefficient (Wildman–Crippen LogP) is 3.02. The molecule has 1 aliphatic rings. The average molecular weight is 436 g/mol. The molecule has 0 saturated carbocycles. The second kappa shape index (κ2) is 9.93. The van der Waals surface area contributed by atoms with E-state index in [9.17, 15) is 22.8 Å². The van der Waals surface area contributed by atoms with Gasteiger partial charge in [-0.3, -0.25) is 9.69 Å². The molecule has 2 aromatic carbocycles. The maximum atomic E-state index is 13.0. The fraction of sp³-hybridized carbons (Fsp3) is 0.364. The number of carbonyl (C=O) groups is 2. The zero-order chi connectivity index (χ0) is 22.4. The van der Waals surface area contributed by atoms with E-state index in [2.05, 4.69) is 9.64 Å². The molecule has 1 N–H and O–H groups in total. The Hall–Kier alpha value is -2.91. The van der Waals surface area contributed by atoms with Crippen molar-refractivity contribution in [2.24, 2.45) is 0 Å². The summed E-state index contributed by atoms with van der Waals surface area (Å²) in [6.45, 7) is 4.11. The van der Waals surface area contributed by atoms with Crippen LogP contribution in [-0.2, 0) is 20.8 Å². The van der Waals surface area contributed by atoms with Crippen LogP contribution in [-0.4, -0.2) is 62.4 Å². The second-order valence-corrected chi connectivity index (χ2v) is 7.13. The Labute approximate surface area is 177 Å². The first-order chi connectivity index (χ1) is 14.8. The van der Waals surface area contributed by atoms with Crippen molar-refractivity contribution in [1.29, 1.82) is 0 Å². The molecule has 166 valence electrons. The van der Waals surface area contributed by atoms with E-state index >= 15 is 0 Å². The van der Waals surface area contributed by atoms with Gasteiger partial charge in [-0.25, -0.2) is 4.79 Å². The molecule has 1 heterocycles. The minimum atomic E-state index is -4.95. The fourth-order valence-electron chi connectivity index (χ4n) is 3.24. The fourth-order valence-corrected chi connectivity index (χ4v) is 3.24. The first kappa shape index (κ1) is 22.8. The van der Waals surface area contributed by atoms with Crippen LogP contribution >= 0.6 is 0 Å². The Kier molecular flexibility index (Phi) is 7.29. The maximum absolute atomic E-state index is 13.0. The highest BCUT2D eigenvalue weighted by Crippen LogP contribution is 2.23. The second-order valence-electron chi connectivity index (χ2n) is 7.13. The summed E-state index contributed by atoms with van der Waals surface area (Å²) in [5.74, 6) is -2.59. The minimum absolute atomic E-state index is 0.00541. The summed E-state index contributed by atoms with van der Waals surface area (Å²) in [5, 5.41) is 1.68. The van der Waals surface area contributed by atoms with Crippen LogP contribution in [0.4, 0.5) is 13.2 Å². The number of methoxy groups -OCH3 is 1. The number of hydrogen-bond acceptors (Lipinski definition) is 5. The average Bonchev–Trinajstić information content (AvgIpc) is 2.77. The topological polar surface area (TPSA) is 67.9 Å². The van der Waals surface area contributed by atoms with Crippen LogP contribution in [0.5, 0.6) is 0 Å². The van der Waals surface area contributed by atoms with E-state index in [0.29, 0.717) is 0 Å². The van der Waals surface area contributed by atoms with E-state index in [4.69, 9.17) is 4.74 Å². The van der Waals surface area contributed by atoms with E-state index in [0.717, 1.165) is 51.1 Å². The molecule has 0 spiro atoms. The smallest absolute Gasteiger partial charge is 0.419 e. The number of morpholine rings is 1. The third-order valence-electron chi connectivity index (χ3n) is 4.98. The van der Waals surface area contributed by atoms with E-state index < -0.39 is 24.1 Å². The number of alkyl halides is 3. The van der Waals surface area contributed by atoms with Crippen molar-refractivity contribution in [3.05, 3.63) is 59.7 Å². The number of carbonyl (C=O) groups excluding carboxylic acids is 2. The van der Waals surface area contributed by atoms with E-state index in [1.807, 2.05) is 24.3 Å². The van der Waals surface area contributed by atoms with Crippen molar-refractivity contribution < 1.29 is 32.2 Å². The Bertz CT molecular complexity index is 892. The number of ether oxygens (including phenoxy) is 2. The van der Waals surface area contributed by atoms with Crippen LogP contribution in [0.2, 0.25) is 0 Å². The van der Waals surface area contributed by atoms with Gasteiger partial charge in [-0.1, -0.05) is 36.4 Å². The molecular weight excluding hydrogens is 413 g/mol. The van der Waals surface area contributed by atoms with Gasteiger partial charge in [-0.2, -0.15) is 13.2 Å². The summed E-state index contributed by atoms with van der Waals surface area (Å²) < 4.78 is 48.4. The largest absolute Gasteiger partial charge is 0.467 e. The van der Waals surface area contributed by atoms with Crippen molar-refractivity contribution in [3.63, 3.8) is 0 Å². The number of hydrogen-bond donors (Lipinski definition) is 1. The summed E-state index contributed by atoms with van der Waals surface area (Å²) in [5.41, 5.74) is 2.91. The van der Waals surface area contributed by atoms with Gasteiger partial charge >= 0.3 is 12.1 Å². The summed E-state index contributed by atoms with van der Waals surface area (Å²) in [7, 11) is 0.828. The normalized spacial score (nSPS) is 15.9. The molecule has 0 aromatic heterocycles. The Morgan fingerprint density at radius 3 is 2.10 bits per heavy atom. The predicted molar refractivity (Wildman–Crippen MR) is 107 cm³/mol. The first-order valence-electron chi connectivity index (χ1n) is 9.73. The van der Waals surface area contributed by atoms with Gasteiger partial charge in [-0.05, 0) is 28.8 Å². The molecule has 9 heteroatoms. The molecule has 31 heavy (non-hydrogen) atoms. The van der Waals surface area contributed by atoms with E-state index in [1.54, 1.807) is 17.4 Å². The SMILES string of the molecule is COC(=O)[C@@H](NC(=O)c1ccc(-c2ccc(CN3CCOCC3)cc2)cc1)C(F)(F)F. The first-order valence-corrected chi connectivity index (χ1v) is 9.73. The van der Waals surface area contributed by atoms with Crippen LogP contribution in [0.1, 0.15) is 15.9 Å². The third-order valence-corrected chi connectivity index (χ3v) is 4.98. The third kappa shape index (κ3) is 6.05. The minimum Gasteiger partial charge on any atom is -0.467 e. The number of esters is 1. The van der Waals surface area contributed by atoms with Crippen LogP contribution in [0.3, 0.4) is 0 Å². The molecule has 0 aliphatic carbocycles. The van der Waals surface area contributed by atoms with Gasteiger partial charge < -0.3 is 14.8 Å². The molecule has 0 bridgehead atoms. The highest BCUT2D eigenvalue weighted by molar-refractivity contribution is 5.97. The Morgan fingerprint density at radius 2 is 1.58 bits per heavy atom. The van der Waals surface area contributed by atoms with Gasteiger partial charge in [0.05, 0.1) is 20.3 Å². The molecule has 1 atom stereocenters. The number of rotatable bonds is 6. The molecule has 6 nitrogen and oxygen atoms in total. The number of benzene rings is 2. The number of halogens is 3. The van der Waals surface area contributed by atoms with Crippen LogP contribution < -0.4 is 5.32 Å². The lowest BCUT2D eigenvalue weighted by Crippen LogP contribution is -2.51. The Morgan fingerprint density at radius 1 is 1.03 bits per heavy atom. The summed E-state index contributed by atoms with van der Waals surface area (Å²) >= 11 is 0. The van der Waals surface area contributed by atoms with Gasteiger partial charge in [0.25, 0.3) is 5.91 Å². The lowest BCUT2D eigenvalue weighted by atomic mass is 10.0. The van der Waals surface area contributed by atoms with Crippen LogP contribution in [0.15, 0.2) is 48.5 Å². The van der Waals surface area contributed by atoms with Crippen molar-refractivity contribution >= 4 is 11.9 Å². The quantitative estimate of drug-likeness (QED) is 0.706. The van der Waals surface area contributed by atoms with Crippen molar-refractivity contribution in [1.82, 2.24) is 10.2 Å². The van der Waals surface area contributed by atoms with Gasteiger partial charge in [-0.15, -0.1) is 0 Å². The van der Waals surface area contributed by atoms with Gasteiger partial charge in [0.15, 0.2) is 0 Å². The number of nitrogens with one attached hydrogen (secondary N) is 1. The van der Waals surface area contributed by atoms with Crippen molar-refractivity contribution in [2.45, 2.75) is 18.8 Å². The molecule has 1 amide bonds. The molecule has 2 aromatic rings. The molecule has 0 radical (unpaired) electrons. The van der Waals surface area contributed by atoms with Gasteiger partial charge in [0.1, 0.15) is 0 Å². The molecule has 1 saturated heterocycles. The zero-order valence-electron chi connectivity index (χ0n) is 16.9.